The van der Waals surface area contributed by atoms with Crippen molar-refractivity contribution in [3.63, 3.8) is 0 Å². The van der Waals surface area contributed by atoms with E-state index in [0.29, 0.717) is 0 Å². The topological polar surface area (TPSA) is 37.8 Å². The summed E-state index contributed by atoms with van der Waals surface area (Å²) < 4.78 is 0.991. The van der Waals surface area contributed by atoms with Crippen LogP contribution in [0.4, 0.5) is 5.13 Å². The number of nitrogens with zero attached hydrogens (tertiary/aromatic N) is 2. The standard InChI is InChI=1S/C19H19N3S2/c1-15-9-11-17(12-10-15)14-23-19-22-21-18(24-19)20-13-5-8-16-6-3-2-4-7-16/h2-12H,13-14H2,1H3,(H,20,21)/b8-5+. The van der Waals surface area contributed by atoms with Crippen molar-refractivity contribution in [1.29, 1.82) is 0 Å². The number of hydrogen-bond donors (Lipinski definition) is 1. The van der Waals surface area contributed by atoms with Crippen LogP contribution in [0.25, 0.3) is 6.08 Å². The van der Waals surface area contributed by atoms with Crippen LogP contribution >= 0.6 is 23.1 Å². The van der Waals surface area contributed by atoms with Gasteiger partial charge in [0, 0.05) is 12.3 Å². The second kappa shape index (κ2) is 8.66. The zero-order chi connectivity index (χ0) is 16.6. The highest BCUT2D eigenvalue weighted by Gasteiger charge is 2.04. The fraction of sp³-hybridized carbons (Fsp3) is 0.158. The van der Waals surface area contributed by atoms with Crippen LogP contribution in [0.2, 0.25) is 0 Å². The first-order valence-corrected chi connectivity index (χ1v) is 9.57. The molecule has 0 bridgehead atoms. The Labute approximate surface area is 150 Å². The van der Waals surface area contributed by atoms with Crippen molar-refractivity contribution in [3.8, 4) is 0 Å². The van der Waals surface area contributed by atoms with E-state index < -0.39 is 0 Å². The van der Waals surface area contributed by atoms with Crippen molar-refractivity contribution in [2.75, 3.05) is 11.9 Å². The van der Waals surface area contributed by atoms with Gasteiger partial charge in [0.05, 0.1) is 0 Å². The van der Waals surface area contributed by atoms with Gasteiger partial charge in [-0.3, -0.25) is 0 Å². The van der Waals surface area contributed by atoms with Crippen molar-refractivity contribution < 1.29 is 0 Å². The number of rotatable bonds is 7. The normalized spacial score (nSPS) is 11.0. The van der Waals surface area contributed by atoms with Crippen LogP contribution in [0.5, 0.6) is 0 Å². The molecule has 1 N–H and O–H groups in total. The smallest absolute Gasteiger partial charge is 0.206 e. The van der Waals surface area contributed by atoms with Crippen LogP contribution in [0.15, 0.2) is 65.0 Å². The molecule has 0 aliphatic heterocycles. The van der Waals surface area contributed by atoms with Gasteiger partial charge >= 0.3 is 0 Å². The molecule has 0 fully saturated rings. The van der Waals surface area contributed by atoms with Crippen molar-refractivity contribution in [1.82, 2.24) is 10.2 Å². The molecule has 0 spiro atoms. The maximum Gasteiger partial charge on any atom is 0.206 e. The Morgan fingerprint density at radius 1 is 1.04 bits per heavy atom. The molecule has 0 radical (unpaired) electrons. The third-order valence-corrected chi connectivity index (χ3v) is 5.46. The molecule has 122 valence electrons. The van der Waals surface area contributed by atoms with E-state index in [1.54, 1.807) is 23.1 Å². The van der Waals surface area contributed by atoms with E-state index >= 15 is 0 Å². The minimum absolute atomic E-state index is 0.742. The molecule has 2 aromatic carbocycles. The Bertz CT molecular complexity index is 780. The van der Waals surface area contributed by atoms with E-state index in [1.807, 2.05) is 18.2 Å². The average molecular weight is 354 g/mol. The summed E-state index contributed by atoms with van der Waals surface area (Å²) in [6.45, 7) is 2.85. The molecule has 5 heteroatoms. The number of benzene rings is 2. The Balaban J connectivity index is 1.45. The van der Waals surface area contributed by atoms with Crippen LogP contribution in [0.1, 0.15) is 16.7 Å². The molecule has 0 saturated carbocycles. The zero-order valence-corrected chi connectivity index (χ0v) is 15.1. The summed E-state index contributed by atoms with van der Waals surface area (Å²) in [5.74, 6) is 0.919. The third-order valence-electron chi connectivity index (χ3n) is 3.37. The lowest BCUT2D eigenvalue weighted by atomic mass is 10.2. The first kappa shape index (κ1) is 16.7. The molecule has 0 amide bonds. The lowest BCUT2D eigenvalue weighted by molar-refractivity contribution is 1.01. The van der Waals surface area contributed by atoms with Crippen molar-refractivity contribution in [3.05, 3.63) is 77.4 Å². The first-order valence-electron chi connectivity index (χ1n) is 7.77. The highest BCUT2D eigenvalue weighted by molar-refractivity contribution is 8.00. The lowest BCUT2D eigenvalue weighted by Crippen LogP contribution is -1.96. The van der Waals surface area contributed by atoms with Crippen molar-refractivity contribution in [2.24, 2.45) is 0 Å². The molecule has 0 unspecified atom stereocenters. The first-order chi connectivity index (χ1) is 11.8. The van der Waals surface area contributed by atoms with E-state index in [2.05, 4.69) is 71.0 Å². The lowest BCUT2D eigenvalue weighted by Gasteiger charge is -1.99. The summed E-state index contributed by atoms with van der Waals surface area (Å²) in [6.07, 6.45) is 4.19. The predicted octanol–water partition coefficient (Wildman–Crippen LogP) is 5.26. The zero-order valence-electron chi connectivity index (χ0n) is 13.5. The summed E-state index contributed by atoms with van der Waals surface area (Å²) in [5, 5.41) is 12.6. The van der Waals surface area contributed by atoms with Gasteiger partial charge in [-0.15, -0.1) is 10.2 Å². The van der Waals surface area contributed by atoms with Crippen LogP contribution in [-0.4, -0.2) is 16.7 Å². The number of anilines is 1. The second-order valence-corrected chi connectivity index (χ2v) is 7.54. The average Bonchev–Trinajstić information content (AvgIpc) is 3.07. The molecule has 1 aromatic heterocycles. The fourth-order valence-corrected chi connectivity index (χ4v) is 3.79. The molecule has 24 heavy (non-hydrogen) atoms. The largest absolute Gasteiger partial charge is 0.357 e. The monoisotopic (exact) mass is 353 g/mol. The highest BCUT2D eigenvalue weighted by Crippen LogP contribution is 2.28. The quantitative estimate of drug-likeness (QED) is 0.588. The minimum Gasteiger partial charge on any atom is -0.357 e. The van der Waals surface area contributed by atoms with Gasteiger partial charge in [0.1, 0.15) is 0 Å². The van der Waals surface area contributed by atoms with Crippen LogP contribution in [0.3, 0.4) is 0 Å². The molecular formula is C19H19N3S2. The van der Waals surface area contributed by atoms with Crippen LogP contribution in [0, 0.1) is 6.92 Å². The van der Waals surface area contributed by atoms with E-state index in [4.69, 9.17) is 0 Å². The number of aryl methyl sites for hydroxylation is 1. The van der Waals surface area contributed by atoms with Gasteiger partial charge in [-0.1, -0.05) is 95.4 Å². The number of nitrogens with one attached hydrogen (secondary N) is 1. The minimum atomic E-state index is 0.742. The predicted molar refractivity (Wildman–Crippen MR) is 105 cm³/mol. The maximum atomic E-state index is 4.23. The van der Waals surface area contributed by atoms with Gasteiger partial charge in [-0.25, -0.2) is 0 Å². The van der Waals surface area contributed by atoms with Gasteiger partial charge in [-0.2, -0.15) is 0 Å². The van der Waals surface area contributed by atoms with E-state index in [-0.39, 0.29) is 0 Å². The molecule has 0 aliphatic carbocycles. The van der Waals surface area contributed by atoms with Crippen molar-refractivity contribution in [2.45, 2.75) is 17.0 Å². The van der Waals surface area contributed by atoms with Gasteiger partial charge < -0.3 is 5.32 Å². The molecule has 1 heterocycles. The van der Waals surface area contributed by atoms with Crippen molar-refractivity contribution >= 4 is 34.3 Å². The summed E-state index contributed by atoms with van der Waals surface area (Å²) in [6, 6.07) is 18.9. The molecule has 3 rings (SSSR count). The molecule has 3 nitrogen and oxygen atoms in total. The Morgan fingerprint density at radius 2 is 1.83 bits per heavy atom. The summed E-state index contributed by atoms with van der Waals surface area (Å²) >= 11 is 3.32. The van der Waals surface area contributed by atoms with Gasteiger partial charge in [0.25, 0.3) is 0 Å². The van der Waals surface area contributed by atoms with Gasteiger partial charge in [-0.05, 0) is 18.1 Å². The molecule has 0 aliphatic rings. The Kier molecular flexibility index (Phi) is 6.04. The van der Waals surface area contributed by atoms with E-state index in [0.717, 1.165) is 21.8 Å². The SMILES string of the molecule is Cc1ccc(CSc2nnc(NC/C=C/c3ccccc3)s2)cc1. The maximum absolute atomic E-state index is 4.23. The van der Waals surface area contributed by atoms with E-state index in [1.165, 1.54) is 16.7 Å². The molecule has 0 atom stereocenters. The van der Waals surface area contributed by atoms with Crippen LogP contribution < -0.4 is 5.32 Å². The molecule has 0 saturated heterocycles. The van der Waals surface area contributed by atoms with Gasteiger partial charge in [0.2, 0.25) is 5.13 Å². The summed E-state index contributed by atoms with van der Waals surface area (Å²) in [5.41, 5.74) is 3.79. The highest BCUT2D eigenvalue weighted by atomic mass is 32.2. The molecule has 3 aromatic rings. The second-order valence-electron chi connectivity index (χ2n) is 5.34. The van der Waals surface area contributed by atoms with Gasteiger partial charge in [0.15, 0.2) is 4.34 Å². The summed E-state index contributed by atoms with van der Waals surface area (Å²) in [7, 11) is 0. The number of thioether (sulfide) groups is 1. The Hall–Kier alpha value is -2.11. The number of hydrogen-bond acceptors (Lipinski definition) is 5. The third kappa shape index (κ3) is 5.22. The van der Waals surface area contributed by atoms with Crippen LogP contribution in [-0.2, 0) is 5.75 Å². The summed E-state index contributed by atoms with van der Waals surface area (Å²) in [4.78, 5) is 0. The Morgan fingerprint density at radius 3 is 2.62 bits per heavy atom. The number of aromatic nitrogens is 2. The van der Waals surface area contributed by atoms with E-state index in [9.17, 15) is 0 Å². The molecular weight excluding hydrogens is 334 g/mol. The fourth-order valence-electron chi connectivity index (χ4n) is 2.07.